The van der Waals surface area contributed by atoms with Crippen LogP contribution in [0.2, 0.25) is 0 Å². The number of rotatable bonds is 12. The molecule has 0 radical (unpaired) electrons. The summed E-state index contributed by atoms with van der Waals surface area (Å²) in [7, 11) is -4.37. The number of fused-ring (bicyclic) bond motifs is 1. The molecule has 0 bridgehead atoms. The quantitative estimate of drug-likeness (QED) is 0.0801. The number of piperazine rings is 1. The van der Waals surface area contributed by atoms with E-state index >= 15 is 13.2 Å². The third kappa shape index (κ3) is 8.71. The van der Waals surface area contributed by atoms with E-state index < -0.39 is 81.2 Å². The van der Waals surface area contributed by atoms with Gasteiger partial charge in [0.05, 0.1) is 22.5 Å². The van der Waals surface area contributed by atoms with E-state index in [1.165, 1.54) is 12.3 Å². The minimum Gasteiger partial charge on any atom is -0.367 e. The summed E-state index contributed by atoms with van der Waals surface area (Å²) in [6, 6.07) is 14.7. The maximum absolute atomic E-state index is 15.7. The zero-order valence-electron chi connectivity index (χ0n) is 32.5. The number of pyridine rings is 1. The molecule has 318 valence electrons. The Morgan fingerprint density at radius 3 is 2.38 bits per heavy atom. The summed E-state index contributed by atoms with van der Waals surface area (Å²) in [6.07, 6.45) is 2.46. The van der Waals surface area contributed by atoms with Gasteiger partial charge in [-0.3, -0.25) is 34.1 Å². The largest absolute Gasteiger partial charge is 0.367 e. The third-order valence-corrected chi connectivity index (χ3v) is 12.7. The van der Waals surface area contributed by atoms with Crippen LogP contribution in [0.1, 0.15) is 51.1 Å². The molecule has 3 saturated heterocycles. The number of alkyl halides is 1. The molecule has 0 saturated carbocycles. The molecule has 5 aromatic rings. The highest BCUT2D eigenvalue weighted by molar-refractivity contribution is 7.90. The van der Waals surface area contributed by atoms with Crippen molar-refractivity contribution < 1.29 is 45.2 Å². The van der Waals surface area contributed by atoms with Crippen LogP contribution in [0.3, 0.4) is 0 Å². The van der Waals surface area contributed by atoms with Crippen LogP contribution in [0.25, 0.3) is 22.2 Å². The fourth-order valence-corrected chi connectivity index (χ4v) is 9.07. The lowest BCUT2D eigenvalue weighted by Crippen LogP contribution is -2.52. The number of carbonyl (C=O) groups is 4. The summed E-state index contributed by atoms with van der Waals surface area (Å²) >= 11 is 0. The smallest absolute Gasteiger partial charge is 0.301 e. The van der Waals surface area contributed by atoms with Gasteiger partial charge < -0.3 is 15.2 Å². The van der Waals surface area contributed by atoms with Crippen molar-refractivity contribution in [1.29, 1.82) is 0 Å². The van der Waals surface area contributed by atoms with Gasteiger partial charge in [0.25, 0.3) is 5.91 Å². The Bertz CT molecular complexity index is 2650. The molecule has 3 fully saturated rings. The summed E-state index contributed by atoms with van der Waals surface area (Å²) in [4.78, 5) is 61.5. The van der Waals surface area contributed by atoms with Crippen LogP contribution in [0.15, 0.2) is 73.1 Å². The Morgan fingerprint density at radius 1 is 0.885 bits per heavy atom. The number of carbonyl (C=O) groups excluding carboxylic acids is 4. The highest BCUT2D eigenvalue weighted by Crippen LogP contribution is 2.31. The first-order chi connectivity index (χ1) is 29.3. The second kappa shape index (κ2) is 17.1. The SMILES string of the molecule is O=C1CC[C@H](NC(=O)c2cccc(N3CCN(CCc4ccc(-c5cnc6[nH]cc(C(=O)c7c(F)ccc(NS(=O)(=O)N8CC[C@@H](F)C8)c7F)c6c5)cc4)CC3)c2F)C(=O)N1. The third-order valence-electron chi connectivity index (χ3n) is 11.3. The lowest BCUT2D eigenvalue weighted by atomic mass is 9.99. The van der Waals surface area contributed by atoms with Crippen molar-refractivity contribution in [2.24, 2.45) is 0 Å². The van der Waals surface area contributed by atoms with E-state index in [9.17, 15) is 32.0 Å². The van der Waals surface area contributed by atoms with Crippen molar-refractivity contribution in [3.8, 4) is 11.1 Å². The molecule has 3 aliphatic heterocycles. The lowest BCUT2D eigenvalue weighted by Gasteiger charge is -2.36. The lowest BCUT2D eigenvalue weighted by molar-refractivity contribution is -0.134. The Labute approximate surface area is 347 Å². The molecule has 3 aromatic carbocycles. The molecule has 0 aliphatic carbocycles. The predicted molar refractivity (Wildman–Crippen MR) is 217 cm³/mol. The highest BCUT2D eigenvalue weighted by atomic mass is 32.2. The summed E-state index contributed by atoms with van der Waals surface area (Å²) in [5, 5.41) is 5.00. The number of halogens is 4. The second-order valence-corrected chi connectivity index (χ2v) is 16.8. The van der Waals surface area contributed by atoms with Gasteiger partial charge in [0.2, 0.25) is 17.6 Å². The van der Waals surface area contributed by atoms with Crippen LogP contribution in [-0.2, 0) is 26.2 Å². The Morgan fingerprint density at radius 2 is 1.66 bits per heavy atom. The highest BCUT2D eigenvalue weighted by Gasteiger charge is 2.34. The van der Waals surface area contributed by atoms with Crippen molar-refractivity contribution in [1.82, 2.24) is 29.8 Å². The summed E-state index contributed by atoms with van der Waals surface area (Å²) in [5.41, 5.74) is 1.17. The van der Waals surface area contributed by atoms with Crippen LogP contribution in [0.4, 0.5) is 28.9 Å². The van der Waals surface area contributed by atoms with E-state index in [1.54, 1.807) is 24.4 Å². The molecule has 0 spiro atoms. The zero-order chi connectivity index (χ0) is 43.0. The molecule has 4 N–H and O–H groups in total. The number of hydrogen-bond acceptors (Lipinski definition) is 9. The van der Waals surface area contributed by atoms with Crippen molar-refractivity contribution in [2.75, 3.05) is 55.4 Å². The summed E-state index contributed by atoms with van der Waals surface area (Å²) in [5.74, 6) is -6.07. The van der Waals surface area contributed by atoms with Crippen LogP contribution < -0.4 is 20.3 Å². The molecule has 3 amide bonds. The summed E-state index contributed by atoms with van der Waals surface area (Å²) < 4.78 is 88.4. The zero-order valence-corrected chi connectivity index (χ0v) is 33.3. The van der Waals surface area contributed by atoms with Crippen LogP contribution in [0.5, 0.6) is 0 Å². The molecule has 8 rings (SSSR count). The fourth-order valence-electron chi connectivity index (χ4n) is 7.80. The van der Waals surface area contributed by atoms with Gasteiger partial charge in [0, 0.05) is 81.1 Å². The number of H-pyrrole nitrogens is 1. The van der Waals surface area contributed by atoms with E-state index in [4.69, 9.17) is 0 Å². The van der Waals surface area contributed by atoms with Gasteiger partial charge >= 0.3 is 10.2 Å². The average Bonchev–Trinajstić information content (AvgIpc) is 3.89. The van der Waals surface area contributed by atoms with Crippen molar-refractivity contribution in [3.63, 3.8) is 0 Å². The Balaban J connectivity index is 0.885. The Hall–Kier alpha value is -6.18. The molecule has 3 aliphatic rings. The van der Waals surface area contributed by atoms with Gasteiger partial charge in [-0.15, -0.1) is 0 Å². The molecular weight excluding hydrogens is 821 g/mol. The Kier molecular flexibility index (Phi) is 11.6. The van der Waals surface area contributed by atoms with Gasteiger partial charge in [-0.2, -0.15) is 12.7 Å². The molecule has 2 aromatic heterocycles. The number of nitrogens with zero attached hydrogens (tertiary/aromatic N) is 4. The minimum atomic E-state index is -4.37. The van der Waals surface area contributed by atoms with E-state index in [0.717, 1.165) is 40.5 Å². The van der Waals surface area contributed by atoms with Crippen molar-refractivity contribution >= 4 is 56.1 Å². The van der Waals surface area contributed by atoms with Gasteiger partial charge in [-0.05, 0) is 60.7 Å². The standard InChI is InChI=1S/C42H40F4N8O6S/c43-27-13-15-54(23-27)61(59,60)51-32-9-8-31(44)36(38(32)46)39(56)30-22-48-40-29(30)20-26(21-47-40)25-6-4-24(5-7-25)12-14-52-16-18-53(19-17-52)34-3-1-2-28(37(34)45)41(57)49-33-10-11-35(55)50-42(33)58/h1-9,20-22,27,33,51H,10-19,23H2,(H,47,48)(H,49,57)(H,50,55,58)/t27-,33+/m1/s1. The van der Waals surface area contributed by atoms with Crippen LogP contribution in [-0.4, -0.2) is 109 Å². The number of piperidine rings is 1. The molecule has 0 unspecified atom stereocenters. The average molecular weight is 861 g/mol. The number of hydrogen-bond donors (Lipinski definition) is 4. The number of nitrogens with one attached hydrogen (secondary N) is 4. The first kappa shape index (κ1) is 41.5. The maximum atomic E-state index is 15.7. The van der Waals surface area contributed by atoms with Crippen molar-refractivity contribution in [3.05, 3.63) is 113 Å². The van der Waals surface area contributed by atoms with Gasteiger partial charge in [0.1, 0.15) is 23.7 Å². The summed E-state index contributed by atoms with van der Waals surface area (Å²) in [6.45, 7) is 2.58. The van der Waals surface area contributed by atoms with Gasteiger partial charge in [-0.25, -0.2) is 22.5 Å². The number of aromatic amines is 1. The number of amides is 3. The monoisotopic (exact) mass is 860 g/mol. The first-order valence-electron chi connectivity index (χ1n) is 19.7. The first-order valence-corrected chi connectivity index (χ1v) is 21.1. The second-order valence-electron chi connectivity index (χ2n) is 15.2. The molecule has 61 heavy (non-hydrogen) atoms. The molecule has 2 atom stereocenters. The fraction of sp³-hybridized carbons (Fsp3) is 0.310. The number of ketones is 1. The van der Waals surface area contributed by atoms with Crippen molar-refractivity contribution in [2.45, 2.75) is 37.9 Å². The normalized spacial score (nSPS) is 19.0. The van der Waals surface area contributed by atoms with E-state index in [1.807, 2.05) is 33.9 Å². The van der Waals surface area contributed by atoms with Gasteiger partial charge in [-0.1, -0.05) is 30.3 Å². The van der Waals surface area contributed by atoms with Gasteiger partial charge in [0.15, 0.2) is 11.6 Å². The van der Waals surface area contributed by atoms with E-state index in [-0.39, 0.29) is 36.9 Å². The molecule has 14 nitrogen and oxygen atoms in total. The predicted octanol–water partition coefficient (Wildman–Crippen LogP) is 4.48. The van der Waals surface area contributed by atoms with Crippen LogP contribution >= 0.6 is 0 Å². The van der Waals surface area contributed by atoms with E-state index in [2.05, 4.69) is 25.5 Å². The van der Waals surface area contributed by atoms with Crippen LogP contribution in [0, 0.1) is 17.5 Å². The molecule has 19 heteroatoms. The minimum absolute atomic E-state index is 0.0102. The molecular formula is C42H40F4N8O6S. The molecule has 5 heterocycles. The topological polar surface area (TPSA) is 177 Å². The maximum Gasteiger partial charge on any atom is 0.301 e. The number of benzene rings is 3. The number of imide groups is 1. The number of anilines is 2. The number of aromatic nitrogens is 2. The van der Waals surface area contributed by atoms with E-state index in [0.29, 0.717) is 48.5 Å².